The number of anilines is 1. The summed E-state index contributed by atoms with van der Waals surface area (Å²) in [4.78, 5) is 38.7. The number of hydrogen-bond donors (Lipinski definition) is 2. The van der Waals surface area contributed by atoms with Gasteiger partial charge in [-0.1, -0.05) is 29.8 Å². The van der Waals surface area contributed by atoms with Crippen LogP contribution < -0.4 is 10.6 Å². The number of carbonyl (C=O) groups excluding carboxylic acids is 3. The van der Waals surface area contributed by atoms with Crippen molar-refractivity contribution < 1.29 is 14.4 Å². The smallest absolute Gasteiger partial charge is 0.325 e. The predicted octanol–water partition coefficient (Wildman–Crippen LogP) is 3.23. The van der Waals surface area contributed by atoms with Crippen LogP contribution in [0.4, 0.5) is 10.5 Å². The van der Waals surface area contributed by atoms with Crippen LogP contribution in [0.5, 0.6) is 0 Å². The van der Waals surface area contributed by atoms with E-state index in [0.29, 0.717) is 10.7 Å². The monoisotopic (exact) mass is 397 g/mol. The van der Waals surface area contributed by atoms with Gasteiger partial charge in [0.15, 0.2) is 0 Å². The third kappa shape index (κ3) is 3.24. The highest BCUT2D eigenvalue weighted by Gasteiger charge is 2.49. The number of rotatable bonds is 4. The fraction of sp³-hybridized carbons (Fsp3) is 0.286. The van der Waals surface area contributed by atoms with Crippen LogP contribution in [-0.4, -0.2) is 29.3 Å². The Morgan fingerprint density at radius 3 is 2.61 bits per heavy atom. The van der Waals surface area contributed by atoms with Crippen LogP contribution in [0, 0.1) is 0 Å². The van der Waals surface area contributed by atoms with E-state index in [0.717, 1.165) is 29.7 Å². The van der Waals surface area contributed by atoms with E-state index < -0.39 is 23.4 Å². The Morgan fingerprint density at radius 2 is 1.86 bits per heavy atom. The summed E-state index contributed by atoms with van der Waals surface area (Å²) in [6.45, 7) is 1.33. The summed E-state index contributed by atoms with van der Waals surface area (Å²) in [5, 5.41) is 5.97. The molecule has 1 saturated heterocycles. The number of fused-ring (bicyclic) bond motifs is 1. The number of amides is 4. The highest BCUT2D eigenvalue weighted by molar-refractivity contribution is 6.30. The molecule has 28 heavy (non-hydrogen) atoms. The number of urea groups is 1. The first kappa shape index (κ1) is 18.5. The summed E-state index contributed by atoms with van der Waals surface area (Å²) in [6, 6.07) is 11.9. The SMILES string of the molecule is C[C@@]1(c2ccc3c(c2)CCC3)NC(=O)N(CC(=O)Nc2ccc(Cl)cc2)C1=O. The lowest BCUT2D eigenvalue weighted by atomic mass is 9.89. The highest BCUT2D eigenvalue weighted by Crippen LogP contribution is 2.32. The molecule has 0 radical (unpaired) electrons. The second-order valence-electron chi connectivity index (χ2n) is 7.34. The van der Waals surface area contributed by atoms with Crippen LogP contribution in [0.1, 0.15) is 30.0 Å². The number of aryl methyl sites for hydroxylation is 2. The van der Waals surface area contributed by atoms with E-state index in [1.54, 1.807) is 31.2 Å². The number of halogens is 1. The maximum atomic E-state index is 13.0. The van der Waals surface area contributed by atoms with Crippen LogP contribution in [0.3, 0.4) is 0 Å². The van der Waals surface area contributed by atoms with Gasteiger partial charge >= 0.3 is 6.03 Å². The molecule has 0 bridgehead atoms. The van der Waals surface area contributed by atoms with Gasteiger partial charge in [0, 0.05) is 10.7 Å². The van der Waals surface area contributed by atoms with Gasteiger partial charge in [-0.2, -0.15) is 0 Å². The van der Waals surface area contributed by atoms with Gasteiger partial charge in [-0.15, -0.1) is 0 Å². The Labute approximate surface area is 167 Å². The van der Waals surface area contributed by atoms with Gasteiger partial charge in [0.05, 0.1) is 0 Å². The Morgan fingerprint density at radius 1 is 1.14 bits per heavy atom. The molecule has 1 fully saturated rings. The minimum absolute atomic E-state index is 0.353. The van der Waals surface area contributed by atoms with Crippen LogP contribution in [0.15, 0.2) is 42.5 Å². The summed E-state index contributed by atoms with van der Waals surface area (Å²) >= 11 is 5.83. The average Bonchev–Trinajstić information content (AvgIpc) is 3.22. The first-order chi connectivity index (χ1) is 13.4. The number of hydrogen-bond acceptors (Lipinski definition) is 3. The molecule has 1 aliphatic carbocycles. The average molecular weight is 398 g/mol. The van der Waals surface area contributed by atoms with Crippen molar-refractivity contribution in [3.63, 3.8) is 0 Å². The molecule has 2 aliphatic rings. The van der Waals surface area contributed by atoms with Crippen LogP contribution in [-0.2, 0) is 28.0 Å². The molecule has 7 heteroatoms. The molecule has 0 spiro atoms. The third-order valence-corrected chi connectivity index (χ3v) is 5.63. The van der Waals surface area contributed by atoms with Crippen molar-refractivity contribution in [2.75, 3.05) is 11.9 Å². The van der Waals surface area contributed by atoms with Gasteiger partial charge < -0.3 is 10.6 Å². The highest BCUT2D eigenvalue weighted by atomic mass is 35.5. The van der Waals surface area contributed by atoms with Crippen molar-refractivity contribution in [1.29, 1.82) is 0 Å². The second-order valence-corrected chi connectivity index (χ2v) is 7.77. The summed E-state index contributed by atoms with van der Waals surface area (Å²) in [6.07, 6.45) is 3.13. The van der Waals surface area contributed by atoms with E-state index in [-0.39, 0.29) is 6.54 Å². The number of carbonyl (C=O) groups is 3. The topological polar surface area (TPSA) is 78.5 Å². The van der Waals surface area contributed by atoms with Gasteiger partial charge in [0.1, 0.15) is 12.1 Å². The molecular weight excluding hydrogens is 378 g/mol. The molecule has 1 heterocycles. The van der Waals surface area contributed by atoms with Crippen molar-refractivity contribution in [3.8, 4) is 0 Å². The number of nitrogens with zero attached hydrogens (tertiary/aromatic N) is 1. The van der Waals surface area contributed by atoms with Gasteiger partial charge in [0.2, 0.25) is 5.91 Å². The van der Waals surface area contributed by atoms with E-state index in [9.17, 15) is 14.4 Å². The number of imide groups is 1. The Balaban J connectivity index is 1.50. The molecule has 2 N–H and O–H groups in total. The molecule has 0 aromatic heterocycles. The summed E-state index contributed by atoms with van der Waals surface area (Å²) in [5.74, 6) is -0.884. The maximum Gasteiger partial charge on any atom is 0.325 e. The molecule has 6 nitrogen and oxygen atoms in total. The summed E-state index contributed by atoms with van der Waals surface area (Å²) in [5.41, 5.74) is 2.63. The third-order valence-electron chi connectivity index (χ3n) is 5.38. The quantitative estimate of drug-likeness (QED) is 0.777. The lowest BCUT2D eigenvalue weighted by Crippen LogP contribution is -2.42. The Bertz CT molecular complexity index is 973. The molecule has 1 aliphatic heterocycles. The summed E-state index contributed by atoms with van der Waals surface area (Å²) in [7, 11) is 0. The fourth-order valence-corrected chi connectivity index (χ4v) is 3.92. The van der Waals surface area contributed by atoms with Gasteiger partial charge in [-0.25, -0.2) is 4.79 Å². The standard InChI is InChI=1S/C21H20ClN3O3/c1-21(15-6-5-13-3-2-4-14(13)11-15)19(27)25(20(28)24-21)12-18(26)23-17-9-7-16(22)8-10-17/h5-11H,2-4,12H2,1H3,(H,23,26)(H,24,28)/t21-/m0/s1. The first-order valence-corrected chi connectivity index (χ1v) is 9.56. The zero-order valence-corrected chi connectivity index (χ0v) is 16.2. The van der Waals surface area contributed by atoms with Crippen LogP contribution in [0.2, 0.25) is 5.02 Å². The lowest BCUT2D eigenvalue weighted by molar-refractivity contribution is -0.133. The van der Waals surface area contributed by atoms with Gasteiger partial charge in [-0.05, 0) is 67.1 Å². The van der Waals surface area contributed by atoms with Crippen molar-refractivity contribution in [2.45, 2.75) is 31.7 Å². The number of benzene rings is 2. The zero-order valence-electron chi connectivity index (χ0n) is 15.4. The number of nitrogens with one attached hydrogen (secondary N) is 2. The normalized spacial score (nSPS) is 20.9. The second kappa shape index (κ2) is 6.95. The van der Waals surface area contributed by atoms with Crippen molar-refractivity contribution in [2.24, 2.45) is 0 Å². The van der Waals surface area contributed by atoms with Gasteiger partial charge in [0.25, 0.3) is 5.91 Å². The molecule has 4 amide bonds. The largest absolute Gasteiger partial charge is 0.325 e. The zero-order chi connectivity index (χ0) is 19.9. The molecule has 2 aromatic rings. The van der Waals surface area contributed by atoms with Crippen molar-refractivity contribution in [1.82, 2.24) is 10.2 Å². The van der Waals surface area contributed by atoms with E-state index in [2.05, 4.69) is 10.6 Å². The van der Waals surface area contributed by atoms with E-state index in [1.165, 1.54) is 11.1 Å². The van der Waals surface area contributed by atoms with Crippen molar-refractivity contribution in [3.05, 3.63) is 64.2 Å². The molecule has 0 saturated carbocycles. The fourth-order valence-electron chi connectivity index (χ4n) is 3.80. The Kier molecular flexibility index (Phi) is 4.59. The van der Waals surface area contributed by atoms with Gasteiger partial charge in [-0.3, -0.25) is 14.5 Å². The maximum absolute atomic E-state index is 13.0. The molecule has 144 valence electrons. The molecular formula is C21H20ClN3O3. The Hall–Kier alpha value is -2.86. The molecule has 0 unspecified atom stereocenters. The molecule has 2 aromatic carbocycles. The first-order valence-electron chi connectivity index (χ1n) is 9.18. The van der Waals surface area contributed by atoms with E-state index in [4.69, 9.17) is 11.6 Å². The van der Waals surface area contributed by atoms with Crippen LogP contribution >= 0.6 is 11.6 Å². The molecule has 4 rings (SSSR count). The predicted molar refractivity (Wildman–Crippen MR) is 106 cm³/mol. The minimum atomic E-state index is -1.17. The van der Waals surface area contributed by atoms with Crippen LogP contribution in [0.25, 0.3) is 0 Å². The lowest BCUT2D eigenvalue weighted by Gasteiger charge is -2.23. The summed E-state index contributed by atoms with van der Waals surface area (Å²) < 4.78 is 0. The molecule has 1 atom stereocenters. The van der Waals surface area contributed by atoms with E-state index >= 15 is 0 Å². The van der Waals surface area contributed by atoms with Crippen molar-refractivity contribution >= 4 is 35.1 Å². The van der Waals surface area contributed by atoms with E-state index in [1.807, 2.05) is 18.2 Å². The minimum Gasteiger partial charge on any atom is -0.325 e.